The van der Waals surface area contributed by atoms with E-state index in [9.17, 15) is 14.4 Å². The minimum absolute atomic E-state index is 0.222. The zero-order chi connectivity index (χ0) is 22.5. The number of fused-ring (bicyclic) bond motifs is 1. The zero-order valence-corrected chi connectivity index (χ0v) is 18.1. The van der Waals surface area contributed by atoms with Crippen molar-refractivity contribution in [3.8, 4) is 5.75 Å². The van der Waals surface area contributed by atoms with Crippen molar-refractivity contribution in [3.05, 3.63) is 58.6 Å². The molecule has 0 aliphatic carbocycles. The molecule has 2 aromatic rings. The molecular formula is C22H24ClN3O5. The minimum atomic E-state index is -1.13. The van der Waals surface area contributed by atoms with E-state index in [0.717, 1.165) is 5.56 Å². The number of para-hydroxylation sites is 1. The molecule has 164 valence electrons. The third-order valence-corrected chi connectivity index (χ3v) is 5.29. The van der Waals surface area contributed by atoms with Gasteiger partial charge in [0.1, 0.15) is 12.3 Å². The molecule has 2 N–H and O–H groups in total. The normalized spacial score (nSPS) is 15.6. The molecule has 0 fully saturated rings. The molecule has 1 atom stereocenters. The molecule has 3 amide bonds. The molecule has 31 heavy (non-hydrogen) atoms. The maximum atomic E-state index is 13.4. The lowest BCUT2D eigenvalue weighted by molar-refractivity contribution is -0.135. The Balaban J connectivity index is 1.92. The van der Waals surface area contributed by atoms with Crippen LogP contribution in [0.3, 0.4) is 0 Å². The Bertz CT molecular complexity index is 997. The van der Waals surface area contributed by atoms with Gasteiger partial charge in [0, 0.05) is 24.8 Å². The molecule has 1 heterocycles. The summed E-state index contributed by atoms with van der Waals surface area (Å²) in [4.78, 5) is 40.0. The molecule has 0 radical (unpaired) electrons. The first-order chi connectivity index (χ1) is 14.8. The van der Waals surface area contributed by atoms with E-state index in [1.54, 1.807) is 23.1 Å². The summed E-state index contributed by atoms with van der Waals surface area (Å²) in [5.74, 6) is -0.840. The van der Waals surface area contributed by atoms with Crippen LogP contribution in [0, 0.1) is 0 Å². The average Bonchev–Trinajstić information content (AvgIpc) is 2.88. The van der Waals surface area contributed by atoms with Crippen molar-refractivity contribution >= 4 is 35.2 Å². The first kappa shape index (κ1) is 22.4. The maximum absolute atomic E-state index is 13.4. The Morgan fingerprint density at radius 1 is 1.23 bits per heavy atom. The number of rotatable bonds is 5. The number of amides is 3. The summed E-state index contributed by atoms with van der Waals surface area (Å²) < 4.78 is 5.44. The van der Waals surface area contributed by atoms with E-state index in [-0.39, 0.29) is 30.1 Å². The molecule has 0 spiro atoms. The quantitative estimate of drug-likeness (QED) is 0.735. The van der Waals surface area contributed by atoms with Gasteiger partial charge in [-0.2, -0.15) is 0 Å². The van der Waals surface area contributed by atoms with Crippen LogP contribution in [0.4, 0.5) is 10.5 Å². The van der Waals surface area contributed by atoms with Crippen molar-refractivity contribution in [2.24, 2.45) is 0 Å². The Labute approximate surface area is 185 Å². The summed E-state index contributed by atoms with van der Waals surface area (Å²) in [6, 6.07) is 11.4. The molecule has 1 aliphatic heterocycles. The fourth-order valence-electron chi connectivity index (χ4n) is 3.50. The molecule has 0 unspecified atom stereocenters. The highest BCUT2D eigenvalue weighted by Crippen LogP contribution is 2.31. The number of carboxylic acid groups (broad SMARTS) is 1. The lowest BCUT2D eigenvalue weighted by atomic mass is 10.1. The molecule has 9 heteroatoms. The van der Waals surface area contributed by atoms with E-state index < -0.39 is 18.5 Å². The number of aliphatic carboxylic acids is 1. The predicted octanol–water partition coefficient (Wildman–Crippen LogP) is 3.38. The number of carboxylic acids is 1. The summed E-state index contributed by atoms with van der Waals surface area (Å²) in [6.45, 7) is 4.14. The number of nitrogens with zero attached hydrogens (tertiary/aromatic N) is 2. The van der Waals surface area contributed by atoms with Crippen molar-refractivity contribution in [2.75, 3.05) is 24.6 Å². The van der Waals surface area contributed by atoms with Crippen molar-refractivity contribution in [1.29, 1.82) is 0 Å². The molecule has 1 aliphatic rings. The Morgan fingerprint density at radius 3 is 2.65 bits per heavy atom. The summed E-state index contributed by atoms with van der Waals surface area (Å²) in [7, 11) is 0. The van der Waals surface area contributed by atoms with Crippen LogP contribution in [0.2, 0.25) is 5.02 Å². The van der Waals surface area contributed by atoms with E-state index in [4.69, 9.17) is 21.4 Å². The van der Waals surface area contributed by atoms with Crippen molar-refractivity contribution in [2.45, 2.75) is 26.4 Å². The van der Waals surface area contributed by atoms with Gasteiger partial charge < -0.3 is 25.0 Å². The van der Waals surface area contributed by atoms with Crippen molar-refractivity contribution < 1.29 is 24.2 Å². The third-order valence-electron chi connectivity index (χ3n) is 4.98. The second kappa shape index (κ2) is 9.70. The number of urea groups is 1. The monoisotopic (exact) mass is 445 g/mol. The molecule has 0 saturated heterocycles. The summed E-state index contributed by atoms with van der Waals surface area (Å²) >= 11 is 6.38. The maximum Gasteiger partial charge on any atom is 0.323 e. The van der Waals surface area contributed by atoms with Gasteiger partial charge in [-0.3, -0.25) is 9.59 Å². The standard InChI is InChI=1S/C22H24ClN3O5/c1-3-31-16-8-9-17(18(23)10-16)21(29)26-12-14(2)25(22(30)24-11-20(27)28)13-15-6-4-5-7-19(15)26/h4-10,14H,3,11-13H2,1-2H3,(H,24,30)(H,27,28)/t14-/m1/s1. The number of nitrogens with one attached hydrogen (secondary N) is 1. The average molecular weight is 446 g/mol. The molecule has 0 bridgehead atoms. The highest BCUT2D eigenvalue weighted by molar-refractivity contribution is 6.34. The SMILES string of the molecule is CCOc1ccc(C(=O)N2C[C@@H](C)N(C(=O)NCC(=O)O)Cc3ccccc32)c(Cl)c1. The van der Waals surface area contributed by atoms with Crippen LogP contribution < -0.4 is 15.0 Å². The zero-order valence-electron chi connectivity index (χ0n) is 17.3. The van der Waals surface area contributed by atoms with Gasteiger partial charge in [0.15, 0.2) is 0 Å². The number of anilines is 1. The molecule has 2 aromatic carbocycles. The summed E-state index contributed by atoms with van der Waals surface area (Å²) in [5.41, 5.74) is 1.78. The summed E-state index contributed by atoms with van der Waals surface area (Å²) in [6.07, 6.45) is 0. The van der Waals surface area contributed by atoms with E-state index in [0.29, 0.717) is 23.6 Å². The Kier molecular flexibility index (Phi) is 7.02. The van der Waals surface area contributed by atoms with Gasteiger partial charge in [-0.1, -0.05) is 29.8 Å². The lowest BCUT2D eigenvalue weighted by Gasteiger charge is -2.29. The van der Waals surface area contributed by atoms with Crippen LogP contribution in [-0.2, 0) is 11.3 Å². The number of benzene rings is 2. The molecule has 3 rings (SSSR count). The fourth-order valence-corrected chi connectivity index (χ4v) is 3.75. The van der Waals surface area contributed by atoms with Gasteiger partial charge in [0.2, 0.25) is 0 Å². The smallest absolute Gasteiger partial charge is 0.323 e. The number of hydrogen-bond acceptors (Lipinski definition) is 4. The second-order valence-electron chi connectivity index (χ2n) is 7.15. The van der Waals surface area contributed by atoms with Gasteiger partial charge in [-0.05, 0) is 43.7 Å². The molecule has 0 aromatic heterocycles. The van der Waals surface area contributed by atoms with Gasteiger partial charge in [0.05, 0.1) is 17.2 Å². The van der Waals surface area contributed by atoms with Crippen LogP contribution in [0.15, 0.2) is 42.5 Å². The molecule has 0 saturated carbocycles. The van der Waals surface area contributed by atoms with Gasteiger partial charge in [-0.25, -0.2) is 4.79 Å². The van der Waals surface area contributed by atoms with Gasteiger partial charge >= 0.3 is 12.0 Å². The van der Waals surface area contributed by atoms with Gasteiger partial charge in [0.25, 0.3) is 5.91 Å². The van der Waals surface area contributed by atoms with Crippen LogP contribution in [-0.4, -0.2) is 53.7 Å². The van der Waals surface area contributed by atoms with Crippen LogP contribution in [0.25, 0.3) is 0 Å². The fraction of sp³-hybridized carbons (Fsp3) is 0.318. The number of ether oxygens (including phenoxy) is 1. The minimum Gasteiger partial charge on any atom is -0.494 e. The summed E-state index contributed by atoms with van der Waals surface area (Å²) in [5, 5.41) is 11.5. The lowest BCUT2D eigenvalue weighted by Crippen LogP contribution is -2.49. The molecular weight excluding hydrogens is 422 g/mol. The first-order valence-electron chi connectivity index (χ1n) is 9.90. The van der Waals surface area contributed by atoms with E-state index in [2.05, 4.69) is 5.32 Å². The third kappa shape index (κ3) is 5.08. The number of carbonyl (C=O) groups is 3. The van der Waals surface area contributed by atoms with Crippen LogP contribution >= 0.6 is 11.6 Å². The largest absolute Gasteiger partial charge is 0.494 e. The van der Waals surface area contributed by atoms with Crippen LogP contribution in [0.5, 0.6) is 5.75 Å². The number of halogens is 1. The topological polar surface area (TPSA) is 99.2 Å². The van der Waals surface area contributed by atoms with Gasteiger partial charge in [-0.15, -0.1) is 0 Å². The van der Waals surface area contributed by atoms with Crippen LogP contribution in [0.1, 0.15) is 29.8 Å². The molecule has 8 nitrogen and oxygen atoms in total. The van der Waals surface area contributed by atoms with E-state index in [1.807, 2.05) is 38.1 Å². The first-order valence-corrected chi connectivity index (χ1v) is 10.3. The van der Waals surface area contributed by atoms with Crippen molar-refractivity contribution in [1.82, 2.24) is 10.2 Å². The van der Waals surface area contributed by atoms with E-state index >= 15 is 0 Å². The number of hydrogen-bond donors (Lipinski definition) is 2. The Hall–Kier alpha value is -3.26. The Morgan fingerprint density at radius 2 is 1.97 bits per heavy atom. The van der Waals surface area contributed by atoms with Crippen molar-refractivity contribution in [3.63, 3.8) is 0 Å². The van der Waals surface area contributed by atoms with E-state index in [1.165, 1.54) is 4.90 Å². The second-order valence-corrected chi connectivity index (χ2v) is 7.56. The predicted molar refractivity (Wildman–Crippen MR) is 117 cm³/mol. The highest BCUT2D eigenvalue weighted by Gasteiger charge is 2.32. The number of carbonyl (C=O) groups excluding carboxylic acids is 2. The highest BCUT2D eigenvalue weighted by atomic mass is 35.5.